The fourth-order valence-corrected chi connectivity index (χ4v) is 2.79. The number of benzene rings is 1. The highest BCUT2D eigenvalue weighted by Gasteiger charge is 2.26. The van der Waals surface area contributed by atoms with Gasteiger partial charge in [-0.15, -0.1) is 0 Å². The summed E-state index contributed by atoms with van der Waals surface area (Å²) in [4.78, 5) is 0. The number of phenols is 1. The Morgan fingerprint density at radius 1 is 1.62 bits per heavy atom. The van der Waals surface area contributed by atoms with Crippen LogP contribution in [0.4, 0.5) is 4.39 Å². The quantitative estimate of drug-likeness (QED) is 0.878. The van der Waals surface area contributed by atoms with Crippen LogP contribution < -0.4 is 10.1 Å². The van der Waals surface area contributed by atoms with Crippen molar-refractivity contribution in [2.24, 2.45) is 0 Å². The van der Waals surface area contributed by atoms with Crippen molar-refractivity contribution in [3.05, 3.63) is 21.9 Å². The van der Waals surface area contributed by atoms with Gasteiger partial charge in [-0.2, -0.15) is 0 Å². The van der Waals surface area contributed by atoms with E-state index in [9.17, 15) is 9.50 Å². The number of rotatable bonds is 2. The van der Waals surface area contributed by atoms with Gasteiger partial charge in [-0.05, 0) is 19.0 Å². The van der Waals surface area contributed by atoms with Crippen molar-refractivity contribution in [1.29, 1.82) is 0 Å². The molecule has 1 aliphatic rings. The molecule has 0 bridgehead atoms. The Hall–Kier alpha value is -0.810. The van der Waals surface area contributed by atoms with Gasteiger partial charge < -0.3 is 15.2 Å². The number of methoxy groups -OCH3 is 1. The van der Waals surface area contributed by atoms with Gasteiger partial charge in [0.2, 0.25) is 0 Å². The molecular weight excluding hydrogens is 277 g/mol. The zero-order valence-corrected chi connectivity index (χ0v) is 10.5. The summed E-state index contributed by atoms with van der Waals surface area (Å²) in [7, 11) is 1.44. The van der Waals surface area contributed by atoms with Gasteiger partial charge in [0, 0.05) is 22.5 Å². The van der Waals surface area contributed by atoms with Crippen LogP contribution in [-0.2, 0) is 0 Å². The molecule has 5 heteroatoms. The molecule has 1 aromatic rings. The van der Waals surface area contributed by atoms with Crippen LogP contribution in [0, 0.1) is 5.82 Å². The summed E-state index contributed by atoms with van der Waals surface area (Å²) in [5, 5.41) is 12.9. The third kappa shape index (κ3) is 1.89. The Bertz CT molecular complexity index is 405. The Morgan fingerprint density at radius 2 is 2.38 bits per heavy atom. The first-order valence-electron chi connectivity index (χ1n) is 5.10. The lowest BCUT2D eigenvalue weighted by Crippen LogP contribution is -2.09. The van der Waals surface area contributed by atoms with Gasteiger partial charge in [-0.25, -0.2) is 4.39 Å². The topological polar surface area (TPSA) is 41.5 Å². The van der Waals surface area contributed by atoms with E-state index in [-0.39, 0.29) is 11.7 Å². The number of ether oxygens (including phenoxy) is 1. The first kappa shape index (κ1) is 11.7. The first-order valence-corrected chi connectivity index (χ1v) is 5.90. The Morgan fingerprint density at radius 3 is 2.94 bits per heavy atom. The molecule has 0 radical (unpaired) electrons. The summed E-state index contributed by atoms with van der Waals surface area (Å²) < 4.78 is 19.1. The van der Waals surface area contributed by atoms with Gasteiger partial charge in [-0.1, -0.05) is 15.9 Å². The van der Waals surface area contributed by atoms with Crippen LogP contribution in [0.25, 0.3) is 0 Å². The number of nitrogens with one attached hydrogen (secondary N) is 1. The van der Waals surface area contributed by atoms with Crippen LogP contribution in [0.3, 0.4) is 0 Å². The van der Waals surface area contributed by atoms with Crippen molar-refractivity contribution in [3.8, 4) is 11.5 Å². The first-order chi connectivity index (χ1) is 7.65. The van der Waals surface area contributed by atoms with Crippen LogP contribution >= 0.6 is 15.9 Å². The third-order valence-electron chi connectivity index (χ3n) is 2.87. The average Bonchev–Trinajstić information content (AvgIpc) is 2.76. The van der Waals surface area contributed by atoms with E-state index in [2.05, 4.69) is 21.2 Å². The van der Waals surface area contributed by atoms with E-state index in [1.165, 1.54) is 13.2 Å². The lowest BCUT2D eigenvalue weighted by atomic mass is 9.97. The van der Waals surface area contributed by atoms with Crippen LogP contribution in [0.2, 0.25) is 0 Å². The number of phenolic OH excluding ortho intramolecular Hbond substituents is 1. The van der Waals surface area contributed by atoms with Crippen LogP contribution in [0.5, 0.6) is 11.5 Å². The lowest BCUT2D eigenvalue weighted by molar-refractivity contribution is 0.350. The van der Waals surface area contributed by atoms with E-state index in [4.69, 9.17) is 4.74 Å². The van der Waals surface area contributed by atoms with Crippen molar-refractivity contribution in [3.63, 3.8) is 0 Å². The normalized spacial score (nSPS) is 20.1. The van der Waals surface area contributed by atoms with Crippen LogP contribution in [0.15, 0.2) is 10.5 Å². The number of hydrogen-bond acceptors (Lipinski definition) is 3. The van der Waals surface area contributed by atoms with Gasteiger partial charge in [0.15, 0.2) is 17.3 Å². The second kappa shape index (κ2) is 4.59. The average molecular weight is 290 g/mol. The minimum atomic E-state index is -0.668. The van der Waals surface area contributed by atoms with E-state index in [1.807, 2.05) is 0 Å². The predicted molar refractivity (Wildman–Crippen MR) is 62.5 cm³/mol. The summed E-state index contributed by atoms with van der Waals surface area (Å²) >= 11 is 3.32. The SMILES string of the molecule is COc1c(O)c(F)cc(Br)c1C1CCNC1. The number of aromatic hydroxyl groups is 1. The third-order valence-corrected chi connectivity index (χ3v) is 3.53. The van der Waals surface area contributed by atoms with E-state index < -0.39 is 11.6 Å². The summed E-state index contributed by atoms with van der Waals surface area (Å²) in [5.74, 6) is -0.595. The molecule has 1 fully saturated rings. The van der Waals surface area contributed by atoms with Gasteiger partial charge >= 0.3 is 0 Å². The Balaban J connectivity index is 2.53. The standard InChI is InChI=1S/C11H13BrFNO2/c1-16-11-9(6-2-3-14-5-6)7(12)4-8(13)10(11)15/h4,6,14-15H,2-3,5H2,1H3. The van der Waals surface area contributed by atoms with Crippen molar-refractivity contribution >= 4 is 15.9 Å². The molecule has 0 aliphatic carbocycles. The molecule has 0 spiro atoms. The van der Waals surface area contributed by atoms with Crippen molar-refractivity contribution in [2.75, 3.05) is 20.2 Å². The number of halogens is 2. The Labute approximate surface area is 102 Å². The molecule has 1 aliphatic heterocycles. The zero-order chi connectivity index (χ0) is 11.7. The second-order valence-corrected chi connectivity index (χ2v) is 4.68. The smallest absolute Gasteiger partial charge is 0.194 e. The molecule has 0 amide bonds. The lowest BCUT2D eigenvalue weighted by Gasteiger charge is -2.17. The molecule has 88 valence electrons. The van der Waals surface area contributed by atoms with Crippen molar-refractivity contribution < 1.29 is 14.2 Å². The van der Waals surface area contributed by atoms with E-state index in [1.54, 1.807) is 0 Å². The van der Waals surface area contributed by atoms with Crippen molar-refractivity contribution in [2.45, 2.75) is 12.3 Å². The highest BCUT2D eigenvalue weighted by molar-refractivity contribution is 9.10. The highest BCUT2D eigenvalue weighted by atomic mass is 79.9. The van der Waals surface area contributed by atoms with E-state index in [0.717, 1.165) is 25.1 Å². The molecule has 1 unspecified atom stereocenters. The largest absolute Gasteiger partial charge is 0.502 e. The fraction of sp³-hybridized carbons (Fsp3) is 0.455. The summed E-state index contributed by atoms with van der Waals surface area (Å²) in [6.07, 6.45) is 0.958. The fourth-order valence-electron chi connectivity index (χ4n) is 2.09. The monoisotopic (exact) mass is 289 g/mol. The minimum Gasteiger partial charge on any atom is -0.502 e. The molecule has 1 saturated heterocycles. The summed E-state index contributed by atoms with van der Waals surface area (Å²) in [5.41, 5.74) is 0.839. The Kier molecular flexibility index (Phi) is 3.35. The molecule has 2 rings (SSSR count). The highest BCUT2D eigenvalue weighted by Crippen LogP contribution is 2.43. The maximum absolute atomic E-state index is 13.3. The zero-order valence-electron chi connectivity index (χ0n) is 8.89. The van der Waals surface area contributed by atoms with E-state index >= 15 is 0 Å². The maximum atomic E-state index is 13.3. The molecular formula is C11H13BrFNO2. The molecule has 1 atom stereocenters. The van der Waals surface area contributed by atoms with Crippen molar-refractivity contribution in [1.82, 2.24) is 5.32 Å². The molecule has 1 heterocycles. The summed E-state index contributed by atoms with van der Waals surface area (Å²) in [6.45, 7) is 1.75. The minimum absolute atomic E-state index is 0.237. The summed E-state index contributed by atoms with van der Waals surface area (Å²) in [6, 6.07) is 1.28. The van der Waals surface area contributed by atoms with Crippen LogP contribution in [0.1, 0.15) is 17.9 Å². The maximum Gasteiger partial charge on any atom is 0.194 e. The molecule has 1 aromatic carbocycles. The van der Waals surface area contributed by atoms with Gasteiger partial charge in [0.1, 0.15) is 0 Å². The molecule has 3 nitrogen and oxygen atoms in total. The molecule has 2 N–H and O–H groups in total. The predicted octanol–water partition coefficient (Wildman–Crippen LogP) is 2.38. The van der Waals surface area contributed by atoms with Gasteiger partial charge in [0.05, 0.1) is 7.11 Å². The second-order valence-electron chi connectivity index (χ2n) is 3.83. The van der Waals surface area contributed by atoms with Crippen LogP contribution in [-0.4, -0.2) is 25.3 Å². The van der Waals surface area contributed by atoms with Gasteiger partial charge in [0.25, 0.3) is 0 Å². The number of hydrogen-bond donors (Lipinski definition) is 2. The van der Waals surface area contributed by atoms with E-state index in [0.29, 0.717) is 4.47 Å². The molecule has 0 saturated carbocycles. The molecule has 16 heavy (non-hydrogen) atoms. The molecule has 0 aromatic heterocycles. The van der Waals surface area contributed by atoms with Gasteiger partial charge in [-0.3, -0.25) is 0 Å².